The van der Waals surface area contributed by atoms with E-state index in [1.54, 1.807) is 13.0 Å². The van der Waals surface area contributed by atoms with Crippen LogP contribution >= 0.6 is 15.9 Å². The molecule has 0 saturated heterocycles. The van der Waals surface area contributed by atoms with Crippen molar-refractivity contribution < 1.29 is 4.79 Å². The molecule has 0 spiro atoms. The third kappa shape index (κ3) is 3.11. The molecule has 0 aliphatic carbocycles. The molecule has 1 aromatic carbocycles. The second-order valence-electron chi connectivity index (χ2n) is 3.14. The summed E-state index contributed by atoms with van der Waals surface area (Å²) in [6.45, 7) is 3.63. The average molecular weight is 253 g/mol. The highest BCUT2D eigenvalue weighted by atomic mass is 79.9. The Morgan fingerprint density at radius 2 is 2.21 bits per heavy atom. The first-order chi connectivity index (χ1) is 6.63. The van der Waals surface area contributed by atoms with Crippen LogP contribution in [0.2, 0.25) is 0 Å². The van der Waals surface area contributed by atoms with E-state index in [1.807, 2.05) is 24.3 Å². The molecule has 0 N–H and O–H groups in total. The van der Waals surface area contributed by atoms with Crippen LogP contribution in [0, 0.1) is 0 Å². The number of hydrogen-bond donors (Lipinski definition) is 0. The fourth-order valence-electron chi connectivity index (χ4n) is 1.32. The van der Waals surface area contributed by atoms with Crippen molar-refractivity contribution in [3.63, 3.8) is 0 Å². The quantitative estimate of drug-likeness (QED) is 0.748. The van der Waals surface area contributed by atoms with Gasteiger partial charge in [-0.1, -0.05) is 35.0 Å². The lowest BCUT2D eigenvalue weighted by molar-refractivity contribution is -0.112. The Kier molecular flexibility index (Phi) is 4.08. The minimum Gasteiger partial charge on any atom is -0.295 e. The highest BCUT2D eigenvalue weighted by molar-refractivity contribution is 9.10. The Bertz CT molecular complexity index is 366. The number of benzene rings is 1. The van der Waals surface area contributed by atoms with E-state index in [9.17, 15) is 4.79 Å². The fraction of sp³-hybridized carbons (Fsp3) is 0.250. The van der Waals surface area contributed by atoms with Crippen molar-refractivity contribution in [3.8, 4) is 0 Å². The van der Waals surface area contributed by atoms with Crippen molar-refractivity contribution in [2.75, 3.05) is 0 Å². The maximum absolute atomic E-state index is 11.0. The molecule has 0 aliphatic rings. The van der Waals surface area contributed by atoms with Crippen LogP contribution in [0.3, 0.4) is 0 Å². The van der Waals surface area contributed by atoms with Crippen molar-refractivity contribution in [2.45, 2.75) is 20.3 Å². The Morgan fingerprint density at radius 1 is 1.50 bits per heavy atom. The van der Waals surface area contributed by atoms with Crippen molar-refractivity contribution in [1.29, 1.82) is 0 Å². The summed E-state index contributed by atoms with van der Waals surface area (Å²) in [6.07, 6.45) is 2.57. The fourth-order valence-corrected chi connectivity index (χ4v) is 1.72. The highest BCUT2D eigenvalue weighted by Gasteiger charge is 2.00. The van der Waals surface area contributed by atoms with Gasteiger partial charge in [-0.25, -0.2) is 0 Å². The smallest absolute Gasteiger partial charge is 0.152 e. The molecule has 1 rings (SSSR count). The van der Waals surface area contributed by atoms with E-state index in [0.717, 1.165) is 22.0 Å². The van der Waals surface area contributed by atoms with Crippen LogP contribution in [-0.2, 0) is 4.79 Å². The molecule has 0 bridgehead atoms. The van der Waals surface area contributed by atoms with E-state index in [0.29, 0.717) is 0 Å². The molecule has 2 heteroatoms. The summed E-state index contributed by atoms with van der Waals surface area (Å²) < 4.78 is 1.04. The number of carbonyl (C=O) groups excluding carboxylic acids is 1. The molecule has 0 unspecified atom stereocenters. The summed E-state index contributed by atoms with van der Waals surface area (Å²) in [4.78, 5) is 11.0. The van der Waals surface area contributed by atoms with E-state index < -0.39 is 0 Å². The van der Waals surface area contributed by atoms with E-state index in [1.165, 1.54) is 0 Å². The molecule has 0 fully saturated rings. The van der Waals surface area contributed by atoms with Gasteiger partial charge in [0, 0.05) is 4.47 Å². The molecule has 0 heterocycles. The lowest BCUT2D eigenvalue weighted by Crippen LogP contribution is -1.88. The number of ketones is 1. The molecular formula is C12H13BrO. The van der Waals surface area contributed by atoms with Crippen LogP contribution in [0.1, 0.15) is 25.8 Å². The summed E-state index contributed by atoms with van der Waals surface area (Å²) in [5, 5.41) is 0. The van der Waals surface area contributed by atoms with Gasteiger partial charge < -0.3 is 0 Å². The minimum absolute atomic E-state index is 0.0989. The first kappa shape index (κ1) is 11.2. The number of hydrogen-bond acceptors (Lipinski definition) is 1. The molecule has 0 saturated carbocycles. The second-order valence-corrected chi connectivity index (χ2v) is 4.06. The van der Waals surface area contributed by atoms with Crippen molar-refractivity contribution in [2.24, 2.45) is 0 Å². The van der Waals surface area contributed by atoms with E-state index in [-0.39, 0.29) is 5.78 Å². The highest BCUT2D eigenvalue weighted by Crippen LogP contribution is 2.21. The van der Waals surface area contributed by atoms with Gasteiger partial charge in [0.2, 0.25) is 0 Å². The van der Waals surface area contributed by atoms with Crippen molar-refractivity contribution in [3.05, 3.63) is 40.4 Å². The lowest BCUT2D eigenvalue weighted by Gasteiger charge is -2.04. The van der Waals surface area contributed by atoms with Crippen LogP contribution in [0.5, 0.6) is 0 Å². The zero-order valence-corrected chi connectivity index (χ0v) is 9.97. The summed E-state index contributed by atoms with van der Waals surface area (Å²) in [5.74, 6) is 0.0989. The molecular weight excluding hydrogens is 240 g/mol. The Morgan fingerprint density at radius 3 is 2.71 bits per heavy atom. The standard InChI is InChI=1S/C12H13BrO/c1-3-10(7-9(2)14)11-5-4-6-12(13)8-11/h4-8H,3H2,1-2H3/b10-7-. The Labute approximate surface area is 93.0 Å². The molecule has 14 heavy (non-hydrogen) atoms. The third-order valence-corrected chi connectivity index (χ3v) is 2.45. The Hall–Kier alpha value is -0.890. The van der Waals surface area contributed by atoms with Gasteiger partial charge in [0.25, 0.3) is 0 Å². The maximum atomic E-state index is 11.0. The van der Waals surface area contributed by atoms with Crippen LogP contribution in [0.25, 0.3) is 5.57 Å². The van der Waals surface area contributed by atoms with Gasteiger partial charge in [-0.15, -0.1) is 0 Å². The molecule has 0 atom stereocenters. The summed E-state index contributed by atoms with van der Waals surface area (Å²) in [6, 6.07) is 7.99. The van der Waals surface area contributed by atoms with Crippen LogP contribution in [0.4, 0.5) is 0 Å². The number of carbonyl (C=O) groups is 1. The lowest BCUT2D eigenvalue weighted by atomic mass is 10.0. The second kappa shape index (κ2) is 5.11. The zero-order valence-electron chi connectivity index (χ0n) is 8.38. The van der Waals surface area contributed by atoms with E-state index in [2.05, 4.69) is 22.9 Å². The van der Waals surface area contributed by atoms with E-state index >= 15 is 0 Å². The first-order valence-corrected chi connectivity index (χ1v) is 5.40. The van der Waals surface area contributed by atoms with Gasteiger partial charge in [0.1, 0.15) is 0 Å². The summed E-state index contributed by atoms with van der Waals surface area (Å²) >= 11 is 3.41. The number of rotatable bonds is 3. The molecule has 1 nitrogen and oxygen atoms in total. The van der Waals surface area contributed by atoms with Gasteiger partial charge in [-0.2, -0.15) is 0 Å². The molecule has 0 aromatic heterocycles. The average Bonchev–Trinajstić information content (AvgIpc) is 2.14. The van der Waals surface area contributed by atoms with Gasteiger partial charge in [-0.05, 0) is 42.7 Å². The van der Waals surface area contributed by atoms with Crippen molar-refractivity contribution >= 4 is 27.3 Å². The molecule has 1 aromatic rings. The predicted octanol–water partition coefficient (Wildman–Crippen LogP) is 3.83. The molecule has 0 aliphatic heterocycles. The SMILES string of the molecule is CC/C(=C/C(C)=O)c1cccc(Br)c1. The van der Waals surface area contributed by atoms with Crippen molar-refractivity contribution in [1.82, 2.24) is 0 Å². The molecule has 0 amide bonds. The summed E-state index contributed by atoms with van der Waals surface area (Å²) in [7, 11) is 0. The van der Waals surface area contributed by atoms with Gasteiger partial charge in [0.05, 0.1) is 0 Å². The number of halogens is 1. The Balaban J connectivity index is 3.07. The zero-order chi connectivity index (χ0) is 10.6. The largest absolute Gasteiger partial charge is 0.295 e. The minimum atomic E-state index is 0.0989. The molecule has 74 valence electrons. The van der Waals surface area contributed by atoms with E-state index in [4.69, 9.17) is 0 Å². The van der Waals surface area contributed by atoms with Gasteiger partial charge in [-0.3, -0.25) is 4.79 Å². The van der Waals surface area contributed by atoms with Gasteiger partial charge >= 0.3 is 0 Å². The molecule has 0 radical (unpaired) electrons. The monoisotopic (exact) mass is 252 g/mol. The number of allylic oxidation sites excluding steroid dienone is 2. The maximum Gasteiger partial charge on any atom is 0.152 e. The van der Waals surface area contributed by atoms with Gasteiger partial charge in [0.15, 0.2) is 5.78 Å². The predicted molar refractivity (Wildman–Crippen MR) is 63.1 cm³/mol. The third-order valence-electron chi connectivity index (χ3n) is 1.95. The first-order valence-electron chi connectivity index (χ1n) is 4.60. The van der Waals surface area contributed by atoms with Crippen LogP contribution in [-0.4, -0.2) is 5.78 Å². The topological polar surface area (TPSA) is 17.1 Å². The van der Waals surface area contributed by atoms with Crippen LogP contribution < -0.4 is 0 Å². The normalized spacial score (nSPS) is 11.5. The summed E-state index contributed by atoms with van der Waals surface area (Å²) in [5.41, 5.74) is 2.19. The van der Waals surface area contributed by atoms with Crippen LogP contribution in [0.15, 0.2) is 34.8 Å².